The van der Waals surface area contributed by atoms with Gasteiger partial charge in [0.15, 0.2) is 0 Å². The van der Waals surface area contributed by atoms with E-state index in [1.807, 2.05) is 5.38 Å². The van der Waals surface area contributed by atoms with Gasteiger partial charge in [-0.15, -0.1) is 0 Å². The molecule has 1 nitrogen and oxygen atoms in total. The quantitative estimate of drug-likeness (QED) is 0.755. The van der Waals surface area contributed by atoms with Crippen molar-refractivity contribution >= 4 is 51.8 Å². The van der Waals surface area contributed by atoms with E-state index in [-0.39, 0.29) is 0 Å². The molecule has 0 unspecified atom stereocenters. The van der Waals surface area contributed by atoms with Crippen LogP contribution in [0, 0.1) is 0 Å². The Morgan fingerprint density at radius 2 is 1.81 bits per heavy atom. The van der Waals surface area contributed by atoms with Crippen molar-refractivity contribution in [3.05, 3.63) is 49.6 Å². The van der Waals surface area contributed by atoms with Crippen molar-refractivity contribution in [2.45, 2.75) is 6.54 Å². The Labute approximate surface area is 113 Å². The van der Waals surface area contributed by atoms with Gasteiger partial charge >= 0.3 is 0 Å². The molecule has 16 heavy (non-hydrogen) atoms. The first kappa shape index (κ1) is 12.1. The molecule has 84 valence electrons. The zero-order valence-corrected chi connectivity index (χ0v) is 11.2. The van der Waals surface area contributed by atoms with Gasteiger partial charge in [0.1, 0.15) is 0 Å². The van der Waals surface area contributed by atoms with E-state index >= 15 is 0 Å². The molecule has 2 rings (SSSR count). The van der Waals surface area contributed by atoms with E-state index in [9.17, 15) is 0 Å². The molecule has 0 fully saturated rings. The van der Waals surface area contributed by atoms with Crippen molar-refractivity contribution in [1.29, 1.82) is 0 Å². The van der Waals surface area contributed by atoms with E-state index in [4.69, 9.17) is 34.8 Å². The molecule has 0 radical (unpaired) electrons. The Balaban J connectivity index is 2.12. The maximum Gasteiger partial charge on any atom is 0.0653 e. The summed E-state index contributed by atoms with van der Waals surface area (Å²) in [6.45, 7) is 0.723. The van der Waals surface area contributed by atoms with Crippen LogP contribution in [0.3, 0.4) is 0 Å². The molecule has 2 aromatic rings. The Morgan fingerprint density at radius 3 is 2.50 bits per heavy atom. The minimum atomic E-state index is 0.466. The molecule has 0 atom stereocenters. The first-order valence-corrected chi connectivity index (χ1v) is 6.64. The predicted octanol–water partition coefficient (Wildman–Crippen LogP) is 5.32. The summed E-state index contributed by atoms with van der Waals surface area (Å²) in [6, 6.07) is 5.43. The van der Waals surface area contributed by atoms with Gasteiger partial charge in [0, 0.05) is 6.54 Å². The Hall–Kier alpha value is -0.410. The highest BCUT2D eigenvalue weighted by Gasteiger charge is 2.05. The number of benzene rings is 1. The lowest BCUT2D eigenvalue weighted by Crippen LogP contribution is -1.98. The zero-order valence-electron chi connectivity index (χ0n) is 8.14. The van der Waals surface area contributed by atoms with E-state index in [0.29, 0.717) is 15.1 Å². The van der Waals surface area contributed by atoms with Crippen LogP contribution in [-0.2, 0) is 6.54 Å². The number of rotatable bonds is 3. The van der Waals surface area contributed by atoms with Gasteiger partial charge in [-0.1, -0.05) is 34.8 Å². The van der Waals surface area contributed by atoms with Crippen LogP contribution in [0.5, 0.6) is 0 Å². The Morgan fingerprint density at radius 1 is 1.06 bits per heavy atom. The van der Waals surface area contributed by atoms with E-state index in [0.717, 1.165) is 12.2 Å². The molecule has 0 aliphatic carbocycles. The highest BCUT2D eigenvalue weighted by Crippen LogP contribution is 2.32. The number of halogens is 3. The summed E-state index contributed by atoms with van der Waals surface area (Å²) in [5.41, 5.74) is 2.01. The van der Waals surface area contributed by atoms with E-state index in [1.54, 1.807) is 23.5 Å². The fourth-order valence-corrected chi connectivity index (χ4v) is 2.53. The first-order chi connectivity index (χ1) is 7.66. The van der Waals surface area contributed by atoms with Crippen molar-refractivity contribution in [2.24, 2.45) is 0 Å². The van der Waals surface area contributed by atoms with Gasteiger partial charge < -0.3 is 5.32 Å². The number of hydrogen-bond donors (Lipinski definition) is 1. The third-order valence-corrected chi connectivity index (χ3v) is 3.84. The maximum absolute atomic E-state index is 6.04. The number of hydrogen-bond acceptors (Lipinski definition) is 2. The van der Waals surface area contributed by atoms with Crippen LogP contribution in [0.4, 0.5) is 5.69 Å². The summed E-state index contributed by atoms with van der Waals surface area (Å²) >= 11 is 19.5. The summed E-state index contributed by atoms with van der Waals surface area (Å²) in [5, 5.41) is 8.87. The highest BCUT2D eigenvalue weighted by molar-refractivity contribution is 7.07. The lowest BCUT2D eigenvalue weighted by atomic mass is 10.3. The lowest BCUT2D eigenvalue weighted by Gasteiger charge is -2.08. The van der Waals surface area contributed by atoms with Crippen LogP contribution < -0.4 is 5.32 Å². The molecule has 1 N–H and O–H groups in total. The minimum absolute atomic E-state index is 0.466. The molecule has 1 aromatic carbocycles. The number of anilines is 1. The van der Waals surface area contributed by atoms with Gasteiger partial charge in [-0.3, -0.25) is 0 Å². The van der Waals surface area contributed by atoms with Crippen molar-refractivity contribution < 1.29 is 0 Å². The Kier molecular flexibility index (Phi) is 3.98. The molecule has 1 heterocycles. The smallest absolute Gasteiger partial charge is 0.0653 e. The minimum Gasteiger partial charge on any atom is -0.380 e. The molecule has 5 heteroatoms. The predicted molar refractivity (Wildman–Crippen MR) is 73.1 cm³/mol. The van der Waals surface area contributed by atoms with Crippen molar-refractivity contribution in [1.82, 2.24) is 0 Å². The van der Waals surface area contributed by atoms with Gasteiger partial charge in [0.25, 0.3) is 0 Å². The zero-order chi connectivity index (χ0) is 11.5. The second kappa shape index (κ2) is 5.28. The SMILES string of the molecule is Clc1cc(Cl)c(NCc2ccsc2)cc1Cl. The monoisotopic (exact) mass is 291 g/mol. The van der Waals surface area contributed by atoms with Crippen molar-refractivity contribution in [2.75, 3.05) is 5.32 Å². The van der Waals surface area contributed by atoms with Gasteiger partial charge in [-0.25, -0.2) is 0 Å². The lowest BCUT2D eigenvalue weighted by molar-refractivity contribution is 1.16. The molecule has 1 aromatic heterocycles. The van der Waals surface area contributed by atoms with E-state index < -0.39 is 0 Å². The highest BCUT2D eigenvalue weighted by atomic mass is 35.5. The van der Waals surface area contributed by atoms with E-state index in [2.05, 4.69) is 16.8 Å². The Bertz CT molecular complexity index is 482. The fraction of sp³-hybridized carbons (Fsp3) is 0.0909. The van der Waals surface area contributed by atoms with E-state index in [1.165, 1.54) is 5.56 Å². The summed E-state index contributed by atoms with van der Waals surface area (Å²) in [6.07, 6.45) is 0. The first-order valence-electron chi connectivity index (χ1n) is 4.56. The summed E-state index contributed by atoms with van der Waals surface area (Å²) in [5.74, 6) is 0. The fourth-order valence-electron chi connectivity index (χ4n) is 1.25. The largest absolute Gasteiger partial charge is 0.380 e. The molecular formula is C11H8Cl3NS. The van der Waals surface area contributed by atoms with Crippen LogP contribution >= 0.6 is 46.1 Å². The molecule has 0 bridgehead atoms. The van der Waals surface area contributed by atoms with Crippen LogP contribution in [0.1, 0.15) is 5.56 Å². The molecular weight excluding hydrogens is 285 g/mol. The molecule has 0 aliphatic rings. The number of nitrogens with one attached hydrogen (secondary N) is 1. The average molecular weight is 293 g/mol. The van der Waals surface area contributed by atoms with Crippen LogP contribution in [-0.4, -0.2) is 0 Å². The normalized spacial score (nSPS) is 10.4. The molecule has 0 amide bonds. The van der Waals surface area contributed by atoms with Crippen molar-refractivity contribution in [3.8, 4) is 0 Å². The molecule has 0 saturated heterocycles. The third kappa shape index (κ3) is 2.83. The second-order valence-electron chi connectivity index (χ2n) is 3.23. The van der Waals surface area contributed by atoms with Gasteiger partial charge in [0.05, 0.1) is 20.8 Å². The second-order valence-corrected chi connectivity index (χ2v) is 5.23. The van der Waals surface area contributed by atoms with Crippen LogP contribution in [0.2, 0.25) is 15.1 Å². The topological polar surface area (TPSA) is 12.0 Å². The van der Waals surface area contributed by atoms with Crippen LogP contribution in [0.15, 0.2) is 29.0 Å². The van der Waals surface area contributed by atoms with Gasteiger partial charge in [0.2, 0.25) is 0 Å². The van der Waals surface area contributed by atoms with Crippen LogP contribution in [0.25, 0.3) is 0 Å². The molecule has 0 saturated carbocycles. The number of thiophene rings is 1. The summed E-state index contributed by atoms with van der Waals surface area (Å²) in [7, 11) is 0. The maximum atomic E-state index is 6.04. The third-order valence-electron chi connectivity index (χ3n) is 2.07. The summed E-state index contributed by atoms with van der Waals surface area (Å²) in [4.78, 5) is 0. The standard InChI is InChI=1S/C11H8Cl3NS/c12-8-3-10(14)11(4-9(8)13)15-5-7-1-2-16-6-7/h1-4,6,15H,5H2. The average Bonchev–Trinajstić information content (AvgIpc) is 2.74. The van der Waals surface area contributed by atoms with Crippen molar-refractivity contribution in [3.63, 3.8) is 0 Å². The molecule has 0 aliphatic heterocycles. The van der Waals surface area contributed by atoms with Gasteiger partial charge in [-0.2, -0.15) is 11.3 Å². The van der Waals surface area contributed by atoms with Gasteiger partial charge in [-0.05, 0) is 34.5 Å². The summed E-state index contributed by atoms with van der Waals surface area (Å²) < 4.78 is 0. The molecule has 0 spiro atoms.